The van der Waals surface area contributed by atoms with Gasteiger partial charge in [0.2, 0.25) is 5.91 Å². The van der Waals surface area contributed by atoms with Crippen LogP contribution in [0.25, 0.3) is 0 Å². The van der Waals surface area contributed by atoms with Crippen molar-refractivity contribution in [2.45, 2.75) is 25.3 Å². The average molecular weight is 308 g/mol. The number of amides is 2. The zero-order valence-corrected chi connectivity index (χ0v) is 12.9. The fraction of sp³-hybridized carbons (Fsp3) is 0.333. The van der Waals surface area contributed by atoms with Gasteiger partial charge in [-0.05, 0) is 18.1 Å². The molecule has 0 aromatic heterocycles. The van der Waals surface area contributed by atoms with E-state index < -0.39 is 6.09 Å². The molecule has 2 amide bonds. The summed E-state index contributed by atoms with van der Waals surface area (Å²) < 4.78 is 4.80. The minimum atomic E-state index is -0.478. The fourth-order valence-corrected chi connectivity index (χ4v) is 1.56. The lowest BCUT2D eigenvalue weighted by Gasteiger charge is -2.08. The summed E-state index contributed by atoms with van der Waals surface area (Å²) in [5.41, 5.74) is 1.93. The van der Waals surface area contributed by atoms with E-state index in [-0.39, 0.29) is 17.8 Å². The largest absolute Gasteiger partial charge is 0.445 e. The summed E-state index contributed by atoms with van der Waals surface area (Å²) in [6, 6.07) is 7.57. The Morgan fingerprint density at radius 2 is 1.76 bits per heavy atom. The number of rotatable bonds is 7. The van der Waals surface area contributed by atoms with E-state index in [1.54, 1.807) is 6.92 Å². The van der Waals surface area contributed by atoms with Crippen LogP contribution in [0.1, 0.15) is 18.1 Å². The van der Waals surface area contributed by atoms with Gasteiger partial charge in [0, 0.05) is 13.1 Å². The lowest BCUT2D eigenvalue weighted by atomic mass is 10.1. The number of alkyl carbamates (subject to hydrolysis) is 1. The van der Waals surface area contributed by atoms with Crippen molar-refractivity contribution < 1.29 is 14.3 Å². The van der Waals surface area contributed by atoms with Crippen molar-refractivity contribution in [2.24, 2.45) is 0 Å². The summed E-state index contributed by atoms with van der Waals surface area (Å²) in [6.45, 7) is 6.21. The number of carbonyl (C=O) groups excluding carboxylic acids is 2. The molecule has 1 rings (SSSR count). The van der Waals surface area contributed by atoms with Crippen LogP contribution in [0.4, 0.5) is 4.79 Å². The van der Waals surface area contributed by atoms with Crippen LogP contribution in [0.5, 0.6) is 0 Å². The van der Waals surface area contributed by atoms with Gasteiger partial charge in [0.15, 0.2) is 0 Å². The van der Waals surface area contributed by atoms with Crippen LogP contribution in [0.3, 0.4) is 0 Å². The number of thiol groups is 1. The monoisotopic (exact) mass is 308 g/mol. The molecule has 21 heavy (non-hydrogen) atoms. The van der Waals surface area contributed by atoms with Crippen molar-refractivity contribution >= 4 is 24.6 Å². The van der Waals surface area contributed by atoms with Gasteiger partial charge >= 0.3 is 6.09 Å². The van der Waals surface area contributed by atoms with Crippen LogP contribution >= 0.6 is 12.6 Å². The number of hydrogen-bond acceptors (Lipinski definition) is 4. The molecule has 5 nitrogen and oxygen atoms in total. The summed E-state index contributed by atoms with van der Waals surface area (Å²) in [7, 11) is 0. The highest BCUT2D eigenvalue weighted by Crippen LogP contribution is 2.05. The Balaban J connectivity index is 2.38. The van der Waals surface area contributed by atoms with Gasteiger partial charge in [0.05, 0.1) is 5.25 Å². The molecule has 1 aromatic carbocycles. The van der Waals surface area contributed by atoms with Gasteiger partial charge in [-0.15, -0.1) is 0 Å². The SMILES string of the molecule is C=CCOC(=O)NCc1ccc(CNC(=O)C(C)S)cc1. The molecule has 0 saturated carbocycles. The van der Waals surface area contributed by atoms with Gasteiger partial charge in [-0.2, -0.15) is 12.6 Å². The van der Waals surface area contributed by atoms with Gasteiger partial charge in [0.1, 0.15) is 6.61 Å². The van der Waals surface area contributed by atoms with E-state index in [1.807, 2.05) is 24.3 Å². The highest BCUT2D eigenvalue weighted by Gasteiger charge is 2.06. The van der Waals surface area contributed by atoms with Gasteiger partial charge in [0.25, 0.3) is 0 Å². The molecule has 0 saturated heterocycles. The van der Waals surface area contributed by atoms with E-state index in [0.29, 0.717) is 13.1 Å². The number of carbonyl (C=O) groups is 2. The van der Waals surface area contributed by atoms with Crippen molar-refractivity contribution in [1.82, 2.24) is 10.6 Å². The van der Waals surface area contributed by atoms with Gasteiger partial charge in [-0.1, -0.05) is 36.9 Å². The van der Waals surface area contributed by atoms with Gasteiger partial charge in [-0.3, -0.25) is 4.79 Å². The smallest absolute Gasteiger partial charge is 0.407 e. The normalized spacial score (nSPS) is 11.3. The van der Waals surface area contributed by atoms with Crippen LogP contribution in [0, 0.1) is 0 Å². The van der Waals surface area contributed by atoms with E-state index >= 15 is 0 Å². The molecule has 0 aliphatic heterocycles. The number of ether oxygens (including phenoxy) is 1. The molecule has 1 aromatic rings. The van der Waals surface area contributed by atoms with Crippen molar-refractivity contribution in [2.75, 3.05) is 6.61 Å². The predicted molar refractivity (Wildman–Crippen MR) is 85.1 cm³/mol. The second-order valence-electron chi connectivity index (χ2n) is 4.45. The minimum Gasteiger partial charge on any atom is -0.445 e. The first-order chi connectivity index (χ1) is 10.0. The predicted octanol–water partition coefficient (Wildman–Crippen LogP) is 2.03. The summed E-state index contributed by atoms with van der Waals surface area (Å²) in [5, 5.41) is 5.08. The maximum absolute atomic E-state index is 11.4. The highest BCUT2D eigenvalue weighted by atomic mass is 32.1. The van der Waals surface area contributed by atoms with Crippen LogP contribution in [-0.2, 0) is 22.6 Å². The van der Waals surface area contributed by atoms with Crippen molar-refractivity contribution in [3.8, 4) is 0 Å². The fourth-order valence-electron chi connectivity index (χ4n) is 1.47. The van der Waals surface area contributed by atoms with Crippen molar-refractivity contribution in [1.29, 1.82) is 0 Å². The standard InChI is InChI=1S/C15H20N2O3S/c1-3-8-20-15(19)17-10-13-6-4-12(5-7-13)9-16-14(18)11(2)21/h3-7,11,21H,1,8-10H2,2H3,(H,16,18)(H,17,19). The van der Waals surface area contributed by atoms with Crippen molar-refractivity contribution in [3.63, 3.8) is 0 Å². The quantitative estimate of drug-likeness (QED) is 0.533. The van der Waals surface area contributed by atoms with E-state index in [1.165, 1.54) is 6.08 Å². The topological polar surface area (TPSA) is 67.4 Å². The molecule has 0 fully saturated rings. The molecule has 0 bridgehead atoms. The highest BCUT2D eigenvalue weighted by molar-refractivity contribution is 7.81. The first kappa shape index (κ1) is 17.1. The minimum absolute atomic E-state index is 0.103. The van der Waals surface area contributed by atoms with Crippen molar-refractivity contribution in [3.05, 3.63) is 48.0 Å². The maximum atomic E-state index is 11.4. The Hall–Kier alpha value is -1.95. The third-order valence-electron chi connectivity index (χ3n) is 2.64. The Morgan fingerprint density at radius 1 is 1.24 bits per heavy atom. The molecule has 0 heterocycles. The molecular formula is C15H20N2O3S. The third-order valence-corrected chi connectivity index (χ3v) is 2.87. The van der Waals surface area contributed by atoms with E-state index in [0.717, 1.165) is 11.1 Å². The molecule has 0 aliphatic rings. The van der Waals surface area contributed by atoms with Crippen LogP contribution in [0.15, 0.2) is 36.9 Å². The summed E-state index contributed by atoms with van der Waals surface area (Å²) in [4.78, 5) is 22.6. The molecule has 0 aliphatic carbocycles. The van der Waals surface area contributed by atoms with E-state index in [4.69, 9.17) is 4.74 Å². The molecular weight excluding hydrogens is 288 g/mol. The summed E-state index contributed by atoms with van der Waals surface area (Å²) in [6.07, 6.45) is 1.03. The molecule has 1 unspecified atom stereocenters. The third kappa shape index (κ3) is 6.85. The lowest BCUT2D eigenvalue weighted by Crippen LogP contribution is -2.29. The van der Waals surface area contributed by atoms with Crippen LogP contribution < -0.4 is 10.6 Å². The Bertz CT molecular complexity index is 486. The molecule has 1 atom stereocenters. The molecule has 114 valence electrons. The maximum Gasteiger partial charge on any atom is 0.407 e. The Morgan fingerprint density at radius 3 is 2.24 bits per heavy atom. The van der Waals surface area contributed by atoms with E-state index in [2.05, 4.69) is 29.8 Å². The number of hydrogen-bond donors (Lipinski definition) is 3. The number of nitrogens with one attached hydrogen (secondary N) is 2. The molecule has 0 spiro atoms. The zero-order valence-electron chi connectivity index (χ0n) is 12.0. The van der Waals surface area contributed by atoms with Gasteiger partial charge in [-0.25, -0.2) is 4.79 Å². The van der Waals surface area contributed by atoms with E-state index in [9.17, 15) is 9.59 Å². The zero-order chi connectivity index (χ0) is 15.7. The molecule has 0 radical (unpaired) electrons. The lowest BCUT2D eigenvalue weighted by molar-refractivity contribution is -0.120. The average Bonchev–Trinajstić information content (AvgIpc) is 2.49. The second kappa shape index (κ2) is 9.07. The first-order valence-electron chi connectivity index (χ1n) is 6.58. The number of benzene rings is 1. The molecule has 2 N–H and O–H groups in total. The first-order valence-corrected chi connectivity index (χ1v) is 7.09. The van der Waals surface area contributed by atoms with Gasteiger partial charge < -0.3 is 15.4 Å². The summed E-state index contributed by atoms with van der Waals surface area (Å²) >= 11 is 4.06. The second-order valence-corrected chi connectivity index (χ2v) is 5.23. The van der Waals surface area contributed by atoms with Crippen LogP contribution in [-0.4, -0.2) is 23.9 Å². The summed E-state index contributed by atoms with van der Waals surface area (Å²) in [5.74, 6) is -0.103. The molecule has 6 heteroatoms. The van der Waals surface area contributed by atoms with Crippen LogP contribution in [0.2, 0.25) is 0 Å². The Kier molecular flexibility index (Phi) is 7.39. The Labute approximate surface area is 130 Å².